The Kier molecular flexibility index (Phi) is 9.82. The first-order valence-corrected chi connectivity index (χ1v) is 15.2. The second-order valence-electron chi connectivity index (χ2n) is 9.00. The topological polar surface area (TPSA) is 0 Å². The van der Waals surface area contributed by atoms with E-state index in [1.54, 1.807) is 0 Å². The molecule has 0 fully saturated rings. The van der Waals surface area contributed by atoms with E-state index in [2.05, 4.69) is 69.3 Å². The quantitative estimate of drug-likeness (QED) is 0.157. The van der Waals surface area contributed by atoms with Crippen LogP contribution in [0.1, 0.15) is 30.9 Å². The minimum atomic E-state index is -15.0. The number of hydrogen-bond acceptors (Lipinski definition) is 0. The zero-order valence-electron chi connectivity index (χ0n) is 20.8. The molecule has 0 N–H and O–H groups in total. The summed E-state index contributed by atoms with van der Waals surface area (Å²) in [7, 11) is 0. The van der Waals surface area contributed by atoms with Crippen LogP contribution in [0.4, 0.5) is 78.4 Å². The molecule has 0 spiro atoms. The van der Waals surface area contributed by atoms with E-state index in [1.165, 1.54) is 18.3 Å². The van der Waals surface area contributed by atoms with Crippen molar-refractivity contribution in [2.75, 3.05) is 0 Å². The van der Waals surface area contributed by atoms with E-state index < -0.39 is 42.4 Å². The van der Waals surface area contributed by atoms with Crippen molar-refractivity contribution in [1.29, 1.82) is 0 Å². The van der Waals surface area contributed by atoms with Crippen LogP contribution in [0.2, 0.25) is 0 Å². The van der Waals surface area contributed by atoms with Crippen molar-refractivity contribution in [3.63, 3.8) is 0 Å². The van der Waals surface area contributed by atoms with Crippen molar-refractivity contribution >= 4 is 6.88 Å². The molecule has 0 nitrogen and oxygen atoms in total. The summed E-state index contributed by atoms with van der Waals surface area (Å²) in [5.41, 5.74) is -26.5. The maximum absolute atomic E-state index is 15.0. The maximum atomic E-state index is 13.4. The predicted molar refractivity (Wildman–Crippen MR) is 112 cm³/mol. The summed E-state index contributed by atoms with van der Waals surface area (Å²) in [6, 6.07) is 18.1. The summed E-state index contributed by atoms with van der Waals surface area (Å²) in [5.74, 6) is 0.627. The number of benzene rings is 2. The molecule has 42 heavy (non-hydrogen) atoms. The zero-order chi connectivity index (χ0) is 33.7. The molecule has 0 unspecified atom stereocenters. The SMILES string of the molecule is Cc1ccc([I+]c2ccc(C(C)C)cc2)cc1.FC(F)(F)C(F)(F)[P-](F)(F)(F)(C(F)(F)C(F)(F)F)C(F)(F)C(F)(F)F. The van der Waals surface area contributed by atoms with Gasteiger partial charge in [-0.1, -0.05) is 43.7 Å². The van der Waals surface area contributed by atoms with Gasteiger partial charge in [0.05, 0.1) is 0 Å². The molecule has 0 bridgehead atoms. The molecule has 0 amide bonds. The molecule has 20 heteroatoms. The van der Waals surface area contributed by atoms with E-state index in [9.17, 15) is 78.4 Å². The Morgan fingerprint density at radius 3 is 1.00 bits per heavy atom. The van der Waals surface area contributed by atoms with Crippen molar-refractivity contribution in [3.8, 4) is 0 Å². The first-order chi connectivity index (χ1) is 18.2. The van der Waals surface area contributed by atoms with Gasteiger partial charge in [-0.15, -0.1) is 0 Å². The number of alkyl halides is 15. The molecule has 0 saturated carbocycles. The van der Waals surface area contributed by atoms with Crippen LogP contribution >= 0.6 is 6.88 Å². The second-order valence-corrected chi connectivity index (χ2v) is 16.3. The Bertz CT molecular complexity index is 1150. The van der Waals surface area contributed by atoms with Crippen LogP contribution in [-0.4, -0.2) is 35.5 Å². The second kappa shape index (κ2) is 10.8. The van der Waals surface area contributed by atoms with E-state index in [0.717, 1.165) is 0 Å². The van der Waals surface area contributed by atoms with E-state index in [1.807, 2.05) is 0 Å². The number of rotatable bonds is 6. The summed E-state index contributed by atoms with van der Waals surface area (Å²) in [6.45, 7) is -8.39. The van der Waals surface area contributed by atoms with Gasteiger partial charge in [0.25, 0.3) is 0 Å². The first-order valence-electron chi connectivity index (χ1n) is 10.7. The van der Waals surface area contributed by atoms with Gasteiger partial charge in [-0.25, -0.2) is 0 Å². The van der Waals surface area contributed by atoms with Crippen LogP contribution in [0.3, 0.4) is 0 Å². The Morgan fingerprint density at radius 1 is 0.500 bits per heavy atom. The van der Waals surface area contributed by atoms with Crippen LogP contribution < -0.4 is 21.2 Å². The van der Waals surface area contributed by atoms with Crippen LogP contribution in [0, 0.1) is 14.1 Å². The Labute approximate surface area is 235 Å². The van der Waals surface area contributed by atoms with Crippen molar-refractivity contribution in [2.24, 2.45) is 0 Å². The van der Waals surface area contributed by atoms with Gasteiger partial charge in [0.2, 0.25) is 0 Å². The third-order valence-corrected chi connectivity index (χ3v) is 12.6. The van der Waals surface area contributed by atoms with E-state index in [4.69, 9.17) is 0 Å². The molecule has 2 aromatic rings. The minimum absolute atomic E-state index is 0.0167. The molecule has 0 radical (unpaired) electrons. The summed E-state index contributed by atoms with van der Waals surface area (Å²) >= 11 is -0.0167. The van der Waals surface area contributed by atoms with Gasteiger partial charge >= 0.3 is 142 Å². The van der Waals surface area contributed by atoms with Crippen molar-refractivity contribution in [1.82, 2.24) is 0 Å². The molecular formula is C22H18F18IP. The van der Waals surface area contributed by atoms with Gasteiger partial charge in [0.1, 0.15) is 0 Å². The third kappa shape index (κ3) is 5.53. The molecule has 2 aromatic carbocycles. The van der Waals surface area contributed by atoms with Crippen LogP contribution in [-0.2, 0) is 0 Å². The molecule has 0 aromatic heterocycles. The summed E-state index contributed by atoms with van der Waals surface area (Å²) < 4.78 is 225. The van der Waals surface area contributed by atoms with Crippen LogP contribution in [0.25, 0.3) is 0 Å². The van der Waals surface area contributed by atoms with E-state index >= 15 is 0 Å². The average Bonchev–Trinajstić information content (AvgIpc) is 2.79. The Hall–Kier alpha value is -1.66. The van der Waals surface area contributed by atoms with Gasteiger partial charge in [0, 0.05) is 0 Å². The van der Waals surface area contributed by atoms with E-state index in [-0.39, 0.29) is 21.2 Å². The van der Waals surface area contributed by atoms with Crippen molar-refractivity contribution in [2.45, 2.75) is 62.2 Å². The monoisotopic (exact) mass is 782 g/mol. The Morgan fingerprint density at radius 2 is 0.762 bits per heavy atom. The van der Waals surface area contributed by atoms with Crippen LogP contribution in [0.5, 0.6) is 0 Å². The molecule has 0 aliphatic rings. The molecule has 0 atom stereocenters. The molecule has 0 aliphatic heterocycles. The average molecular weight is 782 g/mol. The fraction of sp³-hybridized carbons (Fsp3) is 0.455. The van der Waals surface area contributed by atoms with Gasteiger partial charge in [-0.3, -0.25) is 0 Å². The summed E-state index contributed by atoms with van der Waals surface area (Å²) in [5, 5.41) is 0. The molecule has 2 rings (SSSR count). The predicted octanol–water partition coefficient (Wildman–Crippen LogP) is 8.44. The van der Waals surface area contributed by atoms with Gasteiger partial charge in [-0.05, 0) is 42.7 Å². The summed E-state index contributed by atoms with van der Waals surface area (Å²) in [6.07, 6.45) is -26.1. The Balaban J connectivity index is 0.000000448. The van der Waals surface area contributed by atoms with Gasteiger partial charge in [0.15, 0.2) is 7.14 Å². The van der Waals surface area contributed by atoms with Crippen molar-refractivity contribution < 1.29 is 99.7 Å². The van der Waals surface area contributed by atoms with Gasteiger partial charge in [-0.2, -0.15) is 0 Å². The van der Waals surface area contributed by atoms with Crippen LogP contribution in [0.15, 0.2) is 48.5 Å². The molecule has 244 valence electrons. The first kappa shape index (κ1) is 38.4. The third-order valence-electron chi connectivity index (χ3n) is 5.59. The normalized spacial score (nSPS) is 16.0. The molecule has 0 saturated heterocycles. The molecule has 0 aliphatic carbocycles. The van der Waals surface area contributed by atoms with Crippen molar-refractivity contribution in [3.05, 3.63) is 66.8 Å². The number of hydrogen-bond donors (Lipinski definition) is 0. The molecule has 0 heterocycles. The molecular weight excluding hydrogens is 764 g/mol. The summed E-state index contributed by atoms with van der Waals surface area (Å²) in [4.78, 5) is 0. The fourth-order valence-corrected chi connectivity index (χ4v) is 7.81. The van der Waals surface area contributed by atoms with Gasteiger partial charge < -0.3 is 0 Å². The fourth-order valence-electron chi connectivity index (χ4n) is 2.97. The standard InChI is InChI=1S/C16H18I.C6F18P/c1-12(2)14-6-10-16(11-7-14)17-15-8-4-13(3)5-9-15;7-1(8,9)4(16,17)25(22,23,24,5(18,19)2(10,11)12)6(20,21)3(13,14)15/h4-12H,1-3H3;/q+1;-1. The van der Waals surface area contributed by atoms with E-state index in [0.29, 0.717) is 5.92 Å². The number of halogens is 19. The zero-order valence-corrected chi connectivity index (χ0v) is 23.9. The number of aryl methyl sites for hydroxylation is 1.